The quantitative estimate of drug-likeness (QED) is 0.564. The van der Waals surface area contributed by atoms with Gasteiger partial charge in [-0.1, -0.05) is 35.9 Å². The fourth-order valence-corrected chi connectivity index (χ4v) is 1.79. The van der Waals surface area contributed by atoms with Crippen molar-refractivity contribution >= 4 is 17.3 Å². The number of nitrogens with zero attached hydrogens (tertiary/aromatic N) is 1. The Kier molecular flexibility index (Phi) is 5.41. The maximum Gasteiger partial charge on any atom is 0.0222 e. The van der Waals surface area contributed by atoms with E-state index in [9.17, 15) is 0 Å². The van der Waals surface area contributed by atoms with Gasteiger partial charge in [-0.05, 0) is 10.7 Å². The minimum Gasteiger partial charge on any atom is -0.377 e. The number of hydrogen-bond acceptors (Lipinski definition) is 1. The first-order valence-corrected chi connectivity index (χ1v) is 5.50. The van der Waals surface area contributed by atoms with Crippen molar-refractivity contribution in [2.45, 2.75) is 0 Å². The van der Waals surface area contributed by atoms with Crippen LogP contribution in [0.3, 0.4) is 0 Å². The van der Waals surface area contributed by atoms with Gasteiger partial charge in [0.25, 0.3) is 0 Å². The summed E-state index contributed by atoms with van der Waals surface area (Å²) in [6, 6.07) is 7.74. The predicted octanol–water partition coefficient (Wildman–Crippen LogP) is 3.39. The van der Waals surface area contributed by atoms with Crippen LogP contribution < -0.4 is 0 Å². The van der Waals surface area contributed by atoms with Crippen molar-refractivity contribution in [3.63, 3.8) is 0 Å². The molecule has 0 saturated heterocycles. The molecule has 3 heteroatoms. The van der Waals surface area contributed by atoms with Crippen LogP contribution in [0.25, 0.3) is 5.70 Å². The van der Waals surface area contributed by atoms with Crippen LogP contribution in [0.4, 0.5) is 0 Å². The SMILES string of the molecule is C#Cc1ccc(C2=[C-]C=C(Cl)C(=C)N2C)cc1.[Y]. The van der Waals surface area contributed by atoms with Crippen LogP contribution in [-0.2, 0) is 32.7 Å². The first-order chi connectivity index (χ1) is 8.13. The first kappa shape index (κ1) is 15.3. The van der Waals surface area contributed by atoms with Crippen LogP contribution in [0.5, 0.6) is 0 Å². The molecule has 0 aliphatic carbocycles. The molecule has 0 unspecified atom stereocenters. The minimum atomic E-state index is 0. The Morgan fingerprint density at radius 3 is 2.50 bits per heavy atom. The number of likely N-dealkylation sites (N-methyl/N-ethyl adjacent to an activating group) is 1. The van der Waals surface area contributed by atoms with E-state index in [1.54, 1.807) is 6.08 Å². The number of benzene rings is 1. The number of terminal acetylenes is 1. The zero-order valence-corrected chi connectivity index (χ0v) is 13.7. The fourth-order valence-electron chi connectivity index (χ4n) is 1.61. The van der Waals surface area contributed by atoms with Gasteiger partial charge in [0.05, 0.1) is 0 Å². The van der Waals surface area contributed by atoms with Gasteiger partial charge < -0.3 is 4.90 Å². The predicted molar refractivity (Wildman–Crippen MR) is 71.9 cm³/mol. The third-order valence-corrected chi connectivity index (χ3v) is 3.00. The molecule has 2 rings (SSSR count). The minimum absolute atomic E-state index is 0. The van der Waals surface area contributed by atoms with Crippen molar-refractivity contribution in [3.8, 4) is 12.3 Å². The summed E-state index contributed by atoms with van der Waals surface area (Å²) < 4.78 is 0. The molecule has 0 fully saturated rings. The molecule has 1 aromatic rings. The molecule has 0 amide bonds. The van der Waals surface area contributed by atoms with Crippen molar-refractivity contribution in [2.24, 2.45) is 0 Å². The van der Waals surface area contributed by atoms with E-state index < -0.39 is 0 Å². The summed E-state index contributed by atoms with van der Waals surface area (Å²) in [5.74, 6) is 2.59. The van der Waals surface area contributed by atoms with Gasteiger partial charge in [-0.15, -0.1) is 18.6 Å². The van der Waals surface area contributed by atoms with Gasteiger partial charge >= 0.3 is 0 Å². The second-order valence-corrected chi connectivity index (χ2v) is 4.12. The molecule has 18 heavy (non-hydrogen) atoms. The van der Waals surface area contributed by atoms with E-state index in [1.165, 1.54) is 0 Å². The van der Waals surface area contributed by atoms with E-state index in [-0.39, 0.29) is 32.7 Å². The summed E-state index contributed by atoms with van der Waals surface area (Å²) in [7, 11) is 1.91. The van der Waals surface area contributed by atoms with Crippen LogP contribution in [-0.4, -0.2) is 11.9 Å². The fraction of sp³-hybridized carbons (Fsp3) is 0.0667. The van der Waals surface area contributed by atoms with E-state index in [0.29, 0.717) is 5.03 Å². The van der Waals surface area contributed by atoms with Gasteiger partial charge in [0.2, 0.25) is 0 Å². The molecule has 1 heterocycles. The second kappa shape index (κ2) is 6.39. The molecule has 87 valence electrons. The Balaban J connectivity index is 0.00000162. The summed E-state index contributed by atoms with van der Waals surface area (Å²) in [5.41, 5.74) is 3.60. The van der Waals surface area contributed by atoms with Crippen molar-refractivity contribution in [3.05, 3.63) is 64.9 Å². The van der Waals surface area contributed by atoms with Gasteiger partial charge in [0, 0.05) is 45.3 Å². The average molecular weight is 330 g/mol. The van der Waals surface area contributed by atoms with Crippen LogP contribution in [0.2, 0.25) is 0 Å². The van der Waals surface area contributed by atoms with Crippen LogP contribution in [0.1, 0.15) is 11.1 Å². The van der Waals surface area contributed by atoms with Crippen molar-refractivity contribution < 1.29 is 32.7 Å². The molecule has 0 saturated carbocycles. The molecule has 1 nitrogen and oxygen atoms in total. The third-order valence-electron chi connectivity index (χ3n) is 2.68. The molecule has 0 N–H and O–H groups in total. The van der Waals surface area contributed by atoms with E-state index in [4.69, 9.17) is 18.0 Å². The number of rotatable bonds is 1. The van der Waals surface area contributed by atoms with Gasteiger partial charge in [0.1, 0.15) is 0 Å². The Morgan fingerprint density at radius 2 is 1.94 bits per heavy atom. The largest absolute Gasteiger partial charge is 0.377 e. The number of allylic oxidation sites excluding steroid dienone is 3. The van der Waals surface area contributed by atoms with E-state index in [0.717, 1.165) is 22.5 Å². The molecular weight excluding hydrogens is 319 g/mol. The first-order valence-electron chi connectivity index (χ1n) is 5.12. The summed E-state index contributed by atoms with van der Waals surface area (Å²) in [6.45, 7) is 3.92. The zero-order chi connectivity index (χ0) is 12.4. The van der Waals surface area contributed by atoms with Crippen molar-refractivity contribution in [1.82, 2.24) is 4.90 Å². The Hall–Kier alpha value is -0.806. The van der Waals surface area contributed by atoms with Crippen LogP contribution >= 0.6 is 11.6 Å². The van der Waals surface area contributed by atoms with Crippen LogP contribution in [0.15, 0.2) is 47.6 Å². The Morgan fingerprint density at radius 1 is 1.33 bits per heavy atom. The molecule has 1 aliphatic rings. The summed E-state index contributed by atoms with van der Waals surface area (Å²) in [6.07, 6.45) is 10.2. The van der Waals surface area contributed by atoms with Gasteiger partial charge in [-0.25, -0.2) is 0 Å². The van der Waals surface area contributed by atoms with Crippen molar-refractivity contribution in [1.29, 1.82) is 0 Å². The van der Waals surface area contributed by atoms with E-state index >= 15 is 0 Å². The van der Waals surface area contributed by atoms with Gasteiger partial charge in [-0.2, -0.15) is 23.8 Å². The normalized spacial score (nSPS) is 14.3. The average Bonchev–Trinajstić information content (AvgIpc) is 2.36. The smallest absolute Gasteiger partial charge is 0.0222 e. The van der Waals surface area contributed by atoms with Gasteiger partial charge in [-0.3, -0.25) is 0 Å². The summed E-state index contributed by atoms with van der Waals surface area (Å²) >= 11 is 5.98. The molecule has 0 atom stereocenters. The second-order valence-electron chi connectivity index (χ2n) is 3.71. The van der Waals surface area contributed by atoms with E-state index in [2.05, 4.69) is 18.6 Å². The number of hydrogen-bond donors (Lipinski definition) is 0. The summed E-state index contributed by atoms with van der Waals surface area (Å²) in [5, 5.41) is 0.608. The molecule has 1 aliphatic heterocycles. The van der Waals surface area contributed by atoms with Crippen molar-refractivity contribution in [2.75, 3.05) is 7.05 Å². The molecular formula is C15H11ClNY-. The van der Waals surface area contributed by atoms with Gasteiger partial charge in [0.15, 0.2) is 0 Å². The molecule has 1 radical (unpaired) electrons. The Labute approximate surface area is 138 Å². The maximum absolute atomic E-state index is 5.98. The Bertz CT molecular complexity index is 561. The standard InChI is InChI=1S/C15H11ClN.Y/c1-4-12-5-7-13(8-6-12)15-10-9-14(16)11(2)17(15)3;/h1,5-9H,2H2,3H3;/q-1;. The zero-order valence-electron chi connectivity index (χ0n) is 10.1. The molecule has 1 aromatic carbocycles. The number of halogens is 1. The topological polar surface area (TPSA) is 3.24 Å². The molecule has 0 aromatic heterocycles. The summed E-state index contributed by atoms with van der Waals surface area (Å²) in [4.78, 5) is 1.91. The van der Waals surface area contributed by atoms with E-state index in [1.807, 2.05) is 36.2 Å². The molecule has 0 bridgehead atoms. The van der Waals surface area contributed by atoms with Crippen LogP contribution in [0, 0.1) is 18.4 Å². The third kappa shape index (κ3) is 2.95. The molecule has 0 spiro atoms. The monoisotopic (exact) mass is 329 g/mol. The maximum atomic E-state index is 5.98.